The summed E-state index contributed by atoms with van der Waals surface area (Å²) in [4.78, 5) is 22.1. The maximum absolute atomic E-state index is 12.6. The quantitative estimate of drug-likeness (QED) is 0.532. The molecule has 0 saturated carbocycles. The van der Waals surface area contributed by atoms with E-state index in [4.69, 9.17) is 0 Å². The third-order valence-corrected chi connectivity index (χ3v) is 4.88. The number of fused-ring (bicyclic) bond motifs is 1. The van der Waals surface area contributed by atoms with Gasteiger partial charge in [0.15, 0.2) is 4.96 Å². The molecule has 4 heterocycles. The third-order valence-electron chi connectivity index (χ3n) is 3.98. The van der Waals surface area contributed by atoms with Crippen LogP contribution in [-0.4, -0.2) is 24.1 Å². The molecule has 11 heteroatoms. The van der Waals surface area contributed by atoms with Crippen LogP contribution in [0.5, 0.6) is 0 Å². The fourth-order valence-electron chi connectivity index (χ4n) is 2.69. The second-order valence-electron chi connectivity index (χ2n) is 5.94. The average Bonchev–Trinajstić information content (AvgIpc) is 3.25. The van der Waals surface area contributed by atoms with E-state index in [9.17, 15) is 18.0 Å². The van der Waals surface area contributed by atoms with Crippen molar-refractivity contribution in [3.8, 4) is 11.4 Å². The predicted molar refractivity (Wildman–Crippen MR) is 90.6 cm³/mol. The zero-order valence-electron chi connectivity index (χ0n) is 14.1. The molecule has 0 unspecified atom stereocenters. The third kappa shape index (κ3) is 3.14. The molecule has 0 N–H and O–H groups in total. The van der Waals surface area contributed by atoms with E-state index in [-0.39, 0.29) is 17.9 Å². The summed E-state index contributed by atoms with van der Waals surface area (Å²) in [6.07, 6.45) is -1.30. The number of hydrogen-bond donors (Lipinski definition) is 0. The van der Waals surface area contributed by atoms with E-state index in [1.807, 2.05) is 24.4 Å². The number of pyridine rings is 1. The number of nitrogens with zero attached hydrogens (tertiary/aromatic N) is 5. The maximum Gasteiger partial charge on any atom is 0.471 e. The van der Waals surface area contributed by atoms with Gasteiger partial charge < -0.3 is 9.09 Å². The Balaban J connectivity index is 1.67. The highest BCUT2D eigenvalue weighted by Crippen LogP contribution is 2.29. The molecule has 4 aromatic rings. The number of aryl methyl sites for hydroxylation is 2. The largest absolute Gasteiger partial charge is 0.471 e. The van der Waals surface area contributed by atoms with Gasteiger partial charge in [-0.2, -0.15) is 18.2 Å². The predicted octanol–water partition coefficient (Wildman–Crippen LogP) is 3.29. The van der Waals surface area contributed by atoms with Gasteiger partial charge in [0.05, 0.1) is 17.9 Å². The van der Waals surface area contributed by atoms with Gasteiger partial charge in [0.25, 0.3) is 5.56 Å². The van der Waals surface area contributed by atoms with Gasteiger partial charge in [0.1, 0.15) is 0 Å². The molecule has 0 spiro atoms. The minimum atomic E-state index is -4.73. The Kier molecular flexibility index (Phi) is 3.91. The molecule has 0 fully saturated rings. The van der Waals surface area contributed by atoms with Crippen molar-refractivity contribution in [2.75, 3.05) is 0 Å². The Labute approximate surface area is 153 Å². The summed E-state index contributed by atoms with van der Waals surface area (Å²) in [6, 6.07) is 2.65. The summed E-state index contributed by atoms with van der Waals surface area (Å²) in [7, 11) is 0. The zero-order chi connectivity index (χ0) is 19.3. The molecule has 140 valence electrons. The van der Waals surface area contributed by atoms with Gasteiger partial charge >= 0.3 is 12.1 Å². The van der Waals surface area contributed by atoms with Crippen molar-refractivity contribution in [1.82, 2.24) is 24.1 Å². The SMILES string of the molecule is Cc1cn2c(Cn3ccc(-c4noc(C(F)(F)F)n4)cc3=O)c(C)nc2s1. The van der Waals surface area contributed by atoms with Crippen molar-refractivity contribution >= 4 is 16.3 Å². The first kappa shape index (κ1) is 17.5. The molecule has 0 aromatic carbocycles. The summed E-state index contributed by atoms with van der Waals surface area (Å²) in [5, 5.41) is 3.29. The highest BCUT2D eigenvalue weighted by molar-refractivity contribution is 7.17. The molecule has 27 heavy (non-hydrogen) atoms. The van der Waals surface area contributed by atoms with Gasteiger partial charge in [-0.3, -0.25) is 9.20 Å². The van der Waals surface area contributed by atoms with Crippen LogP contribution >= 0.6 is 11.3 Å². The number of thiazole rings is 1. The minimum absolute atomic E-state index is 0.150. The first-order valence-electron chi connectivity index (χ1n) is 7.78. The van der Waals surface area contributed by atoms with Gasteiger partial charge in [-0.25, -0.2) is 4.98 Å². The van der Waals surface area contributed by atoms with Crippen LogP contribution in [0.2, 0.25) is 0 Å². The van der Waals surface area contributed by atoms with E-state index in [2.05, 4.69) is 19.6 Å². The lowest BCUT2D eigenvalue weighted by atomic mass is 10.2. The number of rotatable bonds is 3. The molecule has 0 saturated heterocycles. The van der Waals surface area contributed by atoms with E-state index >= 15 is 0 Å². The van der Waals surface area contributed by atoms with Crippen LogP contribution in [0, 0.1) is 13.8 Å². The van der Waals surface area contributed by atoms with E-state index < -0.39 is 17.6 Å². The molecule has 7 nitrogen and oxygen atoms in total. The normalized spacial score (nSPS) is 12.2. The van der Waals surface area contributed by atoms with Crippen LogP contribution in [-0.2, 0) is 12.7 Å². The lowest BCUT2D eigenvalue weighted by Crippen LogP contribution is -2.20. The fourth-order valence-corrected chi connectivity index (χ4v) is 3.58. The summed E-state index contributed by atoms with van der Waals surface area (Å²) in [5.74, 6) is -1.74. The number of hydrogen-bond acceptors (Lipinski definition) is 6. The lowest BCUT2D eigenvalue weighted by molar-refractivity contribution is -0.159. The van der Waals surface area contributed by atoms with Crippen molar-refractivity contribution in [3.05, 3.63) is 57.0 Å². The van der Waals surface area contributed by atoms with Gasteiger partial charge in [-0.1, -0.05) is 5.16 Å². The van der Waals surface area contributed by atoms with Gasteiger partial charge in [-0.15, -0.1) is 11.3 Å². The van der Waals surface area contributed by atoms with E-state index in [0.29, 0.717) is 0 Å². The van der Waals surface area contributed by atoms with Crippen molar-refractivity contribution in [1.29, 1.82) is 0 Å². The van der Waals surface area contributed by atoms with Crippen LogP contribution < -0.4 is 5.56 Å². The highest BCUT2D eigenvalue weighted by atomic mass is 32.1. The van der Waals surface area contributed by atoms with Crippen molar-refractivity contribution in [3.63, 3.8) is 0 Å². The van der Waals surface area contributed by atoms with Gasteiger partial charge in [-0.05, 0) is 19.9 Å². The van der Waals surface area contributed by atoms with Crippen LogP contribution in [0.3, 0.4) is 0 Å². The van der Waals surface area contributed by atoms with Crippen LogP contribution in [0.1, 0.15) is 22.2 Å². The number of alkyl halides is 3. The fraction of sp³-hybridized carbons (Fsp3) is 0.250. The Bertz CT molecular complexity index is 1200. The molecule has 4 rings (SSSR count). The number of aromatic nitrogens is 5. The molecule has 0 aliphatic heterocycles. The molecule has 0 radical (unpaired) electrons. The standard InChI is InChI=1S/C16H12F3N5O2S/c1-8-6-24-11(9(2)20-15(24)27-8)7-23-4-3-10(5-12(23)25)13-21-14(26-22-13)16(17,18)19/h3-6H,7H2,1-2H3. The monoisotopic (exact) mass is 395 g/mol. The Morgan fingerprint density at radius 3 is 2.70 bits per heavy atom. The van der Waals surface area contributed by atoms with Crippen molar-refractivity contribution in [2.45, 2.75) is 26.6 Å². The second kappa shape index (κ2) is 6.05. The van der Waals surface area contributed by atoms with E-state index in [1.165, 1.54) is 22.9 Å². The molecule has 0 aliphatic rings. The minimum Gasteiger partial charge on any atom is -0.329 e. The molecule has 0 aliphatic carbocycles. The molecule has 0 bridgehead atoms. The average molecular weight is 395 g/mol. The van der Waals surface area contributed by atoms with E-state index in [1.54, 1.807) is 11.3 Å². The van der Waals surface area contributed by atoms with Crippen LogP contribution in [0.25, 0.3) is 16.3 Å². The summed E-state index contributed by atoms with van der Waals surface area (Å²) in [5.41, 5.74) is 1.43. The van der Waals surface area contributed by atoms with Crippen LogP contribution in [0.15, 0.2) is 33.8 Å². The molecule has 0 amide bonds. The van der Waals surface area contributed by atoms with Crippen molar-refractivity contribution < 1.29 is 17.7 Å². The molecule has 0 atom stereocenters. The van der Waals surface area contributed by atoms with E-state index in [0.717, 1.165) is 21.2 Å². The highest BCUT2D eigenvalue weighted by Gasteiger charge is 2.38. The molecular weight excluding hydrogens is 383 g/mol. The Hall–Kier alpha value is -2.95. The molecule has 4 aromatic heterocycles. The summed E-state index contributed by atoms with van der Waals surface area (Å²) >= 11 is 1.55. The maximum atomic E-state index is 12.6. The van der Waals surface area contributed by atoms with Gasteiger partial charge in [0.2, 0.25) is 5.82 Å². The zero-order valence-corrected chi connectivity index (χ0v) is 14.9. The van der Waals surface area contributed by atoms with Crippen molar-refractivity contribution in [2.24, 2.45) is 0 Å². The van der Waals surface area contributed by atoms with Gasteiger partial charge in [0, 0.05) is 28.9 Å². The lowest BCUT2D eigenvalue weighted by Gasteiger charge is -2.06. The Morgan fingerprint density at radius 1 is 1.26 bits per heavy atom. The summed E-state index contributed by atoms with van der Waals surface area (Å²) in [6.45, 7) is 4.11. The topological polar surface area (TPSA) is 78.2 Å². The van der Waals surface area contributed by atoms with Crippen LogP contribution in [0.4, 0.5) is 13.2 Å². The number of halogens is 3. The smallest absolute Gasteiger partial charge is 0.329 e. The Morgan fingerprint density at radius 2 is 2.04 bits per heavy atom. The first-order valence-corrected chi connectivity index (χ1v) is 8.60. The molecular formula is C16H12F3N5O2S. The summed E-state index contributed by atoms with van der Waals surface area (Å²) < 4.78 is 45.3. The second-order valence-corrected chi connectivity index (χ2v) is 7.15. The number of imidazole rings is 1. The first-order chi connectivity index (χ1) is 12.7.